The number of rotatable bonds is 4. The van der Waals surface area contributed by atoms with E-state index in [9.17, 15) is 9.18 Å². The molecule has 5 heteroatoms. The van der Waals surface area contributed by atoms with Crippen molar-refractivity contribution in [2.24, 2.45) is 5.92 Å². The summed E-state index contributed by atoms with van der Waals surface area (Å²) in [7, 11) is 0. The number of benzene rings is 1. The first-order valence-corrected chi connectivity index (χ1v) is 8.17. The van der Waals surface area contributed by atoms with Crippen LogP contribution in [0.5, 0.6) is 0 Å². The summed E-state index contributed by atoms with van der Waals surface area (Å²) in [6, 6.07) is 4.43. The van der Waals surface area contributed by atoms with Crippen molar-refractivity contribution >= 4 is 29.1 Å². The molecule has 0 unspecified atom stereocenters. The summed E-state index contributed by atoms with van der Waals surface area (Å²) in [4.78, 5) is 12.2. The van der Waals surface area contributed by atoms with Crippen LogP contribution in [0.25, 0.3) is 0 Å². The summed E-state index contributed by atoms with van der Waals surface area (Å²) in [5.74, 6) is 0.377. The van der Waals surface area contributed by atoms with Crippen LogP contribution < -0.4 is 5.32 Å². The predicted molar refractivity (Wildman–Crippen MR) is 84.3 cm³/mol. The first-order valence-electron chi connectivity index (χ1n) is 7.25. The highest BCUT2D eigenvalue weighted by atomic mass is 35.5. The molecule has 2 rings (SSSR count). The maximum atomic E-state index is 13.7. The first-order chi connectivity index (χ1) is 9.96. The second-order valence-corrected chi connectivity index (χ2v) is 6.70. The average Bonchev–Trinajstić information content (AvgIpc) is 2.46. The molecule has 0 aliphatic heterocycles. The van der Waals surface area contributed by atoms with E-state index >= 15 is 0 Å². The van der Waals surface area contributed by atoms with Gasteiger partial charge in [-0.2, -0.15) is 0 Å². The Hall–Kier alpha value is -0.800. The van der Waals surface area contributed by atoms with E-state index in [0.29, 0.717) is 11.8 Å². The van der Waals surface area contributed by atoms with Gasteiger partial charge in [0.25, 0.3) is 0 Å². The molecule has 0 spiro atoms. The third-order valence-corrected chi connectivity index (χ3v) is 5.16. The highest BCUT2D eigenvalue weighted by Gasteiger charge is 2.34. The lowest BCUT2D eigenvalue weighted by Crippen LogP contribution is -2.52. The van der Waals surface area contributed by atoms with Crippen LogP contribution in [0, 0.1) is 11.7 Å². The van der Waals surface area contributed by atoms with E-state index in [1.165, 1.54) is 12.1 Å². The normalized spacial score (nSPS) is 25.6. The van der Waals surface area contributed by atoms with Gasteiger partial charge in [0.2, 0.25) is 5.91 Å². The van der Waals surface area contributed by atoms with Gasteiger partial charge in [0, 0.05) is 16.5 Å². The van der Waals surface area contributed by atoms with Gasteiger partial charge in [0.15, 0.2) is 0 Å². The first kappa shape index (κ1) is 16.6. The van der Waals surface area contributed by atoms with Crippen molar-refractivity contribution in [1.82, 2.24) is 5.32 Å². The van der Waals surface area contributed by atoms with Gasteiger partial charge in [-0.1, -0.05) is 24.6 Å². The average molecular weight is 332 g/mol. The molecule has 1 N–H and O–H groups in total. The topological polar surface area (TPSA) is 29.1 Å². The Labute approximate surface area is 135 Å². The number of hydrogen-bond donors (Lipinski definition) is 1. The molecule has 1 aromatic rings. The number of nitrogens with one attached hydrogen (secondary N) is 1. The second kappa shape index (κ2) is 6.97. The Morgan fingerprint density at radius 1 is 1.43 bits per heavy atom. The van der Waals surface area contributed by atoms with Gasteiger partial charge in [-0.25, -0.2) is 4.39 Å². The molecule has 2 nitrogen and oxygen atoms in total. The number of carbonyl (C=O) groups is 1. The highest BCUT2D eigenvalue weighted by Crippen LogP contribution is 2.33. The summed E-state index contributed by atoms with van der Waals surface area (Å²) in [6.07, 6.45) is 3.78. The molecule has 1 saturated carbocycles. The van der Waals surface area contributed by atoms with Crippen molar-refractivity contribution in [3.63, 3.8) is 0 Å². The van der Waals surface area contributed by atoms with Crippen LogP contribution in [0.2, 0.25) is 5.02 Å². The monoisotopic (exact) mass is 331 g/mol. The van der Waals surface area contributed by atoms with Gasteiger partial charge in [0.05, 0.1) is 12.0 Å². The Morgan fingerprint density at radius 3 is 2.67 bits per heavy atom. The van der Waals surface area contributed by atoms with Crippen LogP contribution in [-0.4, -0.2) is 17.3 Å². The largest absolute Gasteiger partial charge is 0.349 e. The SMILES string of the molecule is CC1CCC(CCl)(NC(=O)Cc2c(F)cccc2Cl)CC1. The van der Waals surface area contributed by atoms with Crippen molar-refractivity contribution in [2.75, 3.05) is 5.88 Å². The summed E-state index contributed by atoms with van der Waals surface area (Å²) in [5, 5.41) is 3.29. The minimum absolute atomic E-state index is 0.0559. The van der Waals surface area contributed by atoms with Crippen LogP contribution in [0.4, 0.5) is 4.39 Å². The van der Waals surface area contributed by atoms with Crippen molar-refractivity contribution < 1.29 is 9.18 Å². The third-order valence-electron chi connectivity index (χ3n) is 4.29. The molecule has 0 atom stereocenters. The van der Waals surface area contributed by atoms with Crippen LogP contribution in [0.3, 0.4) is 0 Å². The number of alkyl halides is 1. The zero-order valence-corrected chi connectivity index (χ0v) is 13.6. The zero-order chi connectivity index (χ0) is 15.5. The number of halogens is 3. The van der Waals surface area contributed by atoms with E-state index in [2.05, 4.69) is 12.2 Å². The fourth-order valence-electron chi connectivity index (χ4n) is 2.81. The molecular weight excluding hydrogens is 312 g/mol. The minimum atomic E-state index is -0.449. The Balaban J connectivity index is 2.04. The Kier molecular flexibility index (Phi) is 5.50. The van der Waals surface area contributed by atoms with Crippen molar-refractivity contribution in [3.8, 4) is 0 Å². The molecule has 0 radical (unpaired) electrons. The van der Waals surface area contributed by atoms with E-state index in [0.717, 1.165) is 25.7 Å². The van der Waals surface area contributed by atoms with Gasteiger partial charge in [-0.3, -0.25) is 4.79 Å². The van der Waals surface area contributed by atoms with E-state index in [1.54, 1.807) is 6.07 Å². The highest BCUT2D eigenvalue weighted by molar-refractivity contribution is 6.31. The fraction of sp³-hybridized carbons (Fsp3) is 0.562. The summed E-state index contributed by atoms with van der Waals surface area (Å²) < 4.78 is 13.7. The van der Waals surface area contributed by atoms with Gasteiger partial charge in [-0.15, -0.1) is 11.6 Å². The van der Waals surface area contributed by atoms with E-state index < -0.39 is 5.82 Å². The minimum Gasteiger partial charge on any atom is -0.349 e. The fourth-order valence-corrected chi connectivity index (χ4v) is 3.37. The van der Waals surface area contributed by atoms with E-state index in [4.69, 9.17) is 23.2 Å². The van der Waals surface area contributed by atoms with E-state index in [-0.39, 0.29) is 28.5 Å². The van der Waals surface area contributed by atoms with Crippen molar-refractivity contribution in [1.29, 1.82) is 0 Å². The van der Waals surface area contributed by atoms with Gasteiger partial charge in [0.1, 0.15) is 5.82 Å². The zero-order valence-electron chi connectivity index (χ0n) is 12.1. The smallest absolute Gasteiger partial charge is 0.225 e. The molecule has 0 heterocycles. The van der Waals surface area contributed by atoms with Crippen LogP contribution in [-0.2, 0) is 11.2 Å². The Bertz CT molecular complexity index is 493. The predicted octanol–water partition coefficient (Wildman–Crippen LogP) is 4.33. The number of hydrogen-bond acceptors (Lipinski definition) is 1. The molecule has 1 aliphatic rings. The van der Waals surface area contributed by atoms with Gasteiger partial charge in [-0.05, 0) is 43.7 Å². The second-order valence-electron chi connectivity index (χ2n) is 6.02. The lowest BCUT2D eigenvalue weighted by atomic mass is 9.78. The molecule has 1 amide bonds. The van der Waals surface area contributed by atoms with Crippen molar-refractivity contribution in [3.05, 3.63) is 34.6 Å². The van der Waals surface area contributed by atoms with Crippen molar-refractivity contribution in [2.45, 2.75) is 44.6 Å². The van der Waals surface area contributed by atoms with Crippen LogP contribution in [0.15, 0.2) is 18.2 Å². The molecule has 116 valence electrons. The third kappa shape index (κ3) is 4.10. The lowest BCUT2D eigenvalue weighted by Gasteiger charge is -2.38. The quantitative estimate of drug-likeness (QED) is 0.817. The summed E-state index contributed by atoms with van der Waals surface area (Å²) in [6.45, 7) is 2.21. The molecule has 1 fully saturated rings. The molecule has 0 saturated heterocycles. The maximum absolute atomic E-state index is 13.7. The molecule has 21 heavy (non-hydrogen) atoms. The molecular formula is C16H20Cl2FNO. The Morgan fingerprint density at radius 2 is 2.10 bits per heavy atom. The van der Waals surface area contributed by atoms with Gasteiger partial charge >= 0.3 is 0 Å². The number of carbonyl (C=O) groups excluding carboxylic acids is 1. The van der Waals surface area contributed by atoms with Gasteiger partial charge < -0.3 is 5.32 Å². The van der Waals surface area contributed by atoms with Crippen LogP contribution in [0.1, 0.15) is 38.2 Å². The molecule has 0 bridgehead atoms. The summed E-state index contributed by atoms with van der Waals surface area (Å²) >= 11 is 12.0. The van der Waals surface area contributed by atoms with Crippen LogP contribution >= 0.6 is 23.2 Å². The van der Waals surface area contributed by atoms with E-state index in [1.807, 2.05) is 0 Å². The molecule has 1 aliphatic carbocycles. The molecule has 1 aromatic carbocycles. The standard InChI is InChI=1S/C16H20Cl2FNO/c1-11-5-7-16(10-17,8-6-11)20-15(21)9-12-13(18)3-2-4-14(12)19/h2-4,11H,5-10H2,1H3,(H,20,21). The maximum Gasteiger partial charge on any atom is 0.225 e. The number of amides is 1. The summed E-state index contributed by atoms with van der Waals surface area (Å²) in [5.41, 5.74) is -0.117. The lowest BCUT2D eigenvalue weighted by molar-refractivity contribution is -0.122. The molecule has 0 aromatic heterocycles.